The number of carbonyl (C=O) groups excluding carboxylic acids is 2. The fourth-order valence-corrected chi connectivity index (χ4v) is 7.82. The third-order valence-corrected chi connectivity index (χ3v) is 10.7. The molecule has 1 saturated carbocycles. The van der Waals surface area contributed by atoms with Gasteiger partial charge in [-0.1, -0.05) is 42.7 Å². The number of hydrogen-bond donors (Lipinski definition) is 3. The molecule has 0 bridgehead atoms. The van der Waals surface area contributed by atoms with E-state index in [1.165, 1.54) is 57.4 Å². The SMILES string of the molecule is COc1cc(N(C(=O)Cn2nnc3ccccc32)C(C(=O)NC2CCCCC2)c2ccc(O)c(O)c2)ccc1S(=O)(=O)N1CCOCC1. The van der Waals surface area contributed by atoms with Gasteiger partial charge in [0.1, 0.15) is 28.7 Å². The fourth-order valence-electron chi connectivity index (χ4n) is 6.28. The second-order valence-electron chi connectivity index (χ2n) is 11.8. The maximum Gasteiger partial charge on any atom is 0.249 e. The van der Waals surface area contributed by atoms with Gasteiger partial charge < -0.3 is 25.0 Å². The van der Waals surface area contributed by atoms with Gasteiger partial charge in [-0.25, -0.2) is 13.1 Å². The number of phenolic OH excluding ortho intramolecular Hbond substituents is 2. The van der Waals surface area contributed by atoms with Gasteiger partial charge in [0.15, 0.2) is 11.5 Å². The van der Waals surface area contributed by atoms with Gasteiger partial charge in [0, 0.05) is 30.9 Å². The highest BCUT2D eigenvalue weighted by atomic mass is 32.2. The molecular weight excluding hydrogens is 640 g/mol. The Morgan fingerprint density at radius 1 is 1.02 bits per heavy atom. The maximum atomic E-state index is 14.5. The number of benzene rings is 3. The summed E-state index contributed by atoms with van der Waals surface area (Å²) < 4.78 is 40.9. The molecule has 0 spiro atoms. The standard InChI is InChI=1S/C33H38N6O8S/c1-46-29-20-24(12-14-30(29)48(44,45)37-15-17-47-18-16-37)39(31(42)21-38-26-10-6-5-9-25(26)35-36-38)32(22-11-13-27(40)28(41)19-22)33(43)34-23-7-3-2-4-8-23/h5-6,9-14,19-20,23,32,40-41H,2-4,7-8,15-18,21H2,1H3,(H,34,43). The lowest BCUT2D eigenvalue weighted by molar-refractivity contribution is -0.127. The van der Waals surface area contributed by atoms with Crippen molar-refractivity contribution in [3.63, 3.8) is 0 Å². The highest BCUT2D eigenvalue weighted by molar-refractivity contribution is 7.89. The first-order chi connectivity index (χ1) is 23.2. The number of fused-ring (bicyclic) bond motifs is 1. The zero-order valence-electron chi connectivity index (χ0n) is 26.5. The number of amides is 2. The van der Waals surface area contributed by atoms with E-state index in [0.29, 0.717) is 11.0 Å². The Labute approximate surface area is 277 Å². The van der Waals surface area contributed by atoms with Crippen molar-refractivity contribution in [1.82, 2.24) is 24.6 Å². The number of methoxy groups -OCH3 is 1. The Kier molecular flexibility index (Phi) is 9.80. The van der Waals surface area contributed by atoms with Crippen LogP contribution in [0, 0.1) is 0 Å². The summed E-state index contributed by atoms with van der Waals surface area (Å²) in [6.07, 6.45) is 4.53. The third kappa shape index (κ3) is 6.79. The topological polar surface area (TPSA) is 176 Å². The summed E-state index contributed by atoms with van der Waals surface area (Å²) in [5.74, 6) is -1.97. The summed E-state index contributed by atoms with van der Waals surface area (Å²) >= 11 is 0. The number of carbonyl (C=O) groups is 2. The van der Waals surface area contributed by atoms with Crippen LogP contribution >= 0.6 is 0 Å². The monoisotopic (exact) mass is 678 g/mol. The number of aromatic hydroxyl groups is 2. The van der Waals surface area contributed by atoms with Crippen LogP contribution in [0.15, 0.2) is 65.6 Å². The lowest BCUT2D eigenvalue weighted by Crippen LogP contribution is -2.48. The zero-order valence-corrected chi connectivity index (χ0v) is 27.3. The molecule has 2 heterocycles. The summed E-state index contributed by atoms with van der Waals surface area (Å²) in [7, 11) is -2.66. The van der Waals surface area contributed by atoms with Crippen molar-refractivity contribution < 1.29 is 37.7 Å². The summed E-state index contributed by atoms with van der Waals surface area (Å²) in [6.45, 7) is 0.551. The first-order valence-electron chi connectivity index (χ1n) is 15.9. The van der Waals surface area contributed by atoms with E-state index in [2.05, 4.69) is 15.6 Å². The molecule has 1 atom stereocenters. The largest absolute Gasteiger partial charge is 0.504 e. The second kappa shape index (κ2) is 14.2. The van der Waals surface area contributed by atoms with Crippen LogP contribution in [0.2, 0.25) is 0 Å². The minimum Gasteiger partial charge on any atom is -0.504 e. The van der Waals surface area contributed by atoms with Crippen LogP contribution in [0.4, 0.5) is 5.69 Å². The molecule has 3 aromatic carbocycles. The molecule has 4 aromatic rings. The number of morpholine rings is 1. The average Bonchev–Trinajstić information content (AvgIpc) is 3.51. The van der Waals surface area contributed by atoms with Crippen LogP contribution in [-0.2, 0) is 30.9 Å². The Balaban J connectivity index is 1.47. The van der Waals surface area contributed by atoms with E-state index in [0.717, 1.165) is 32.1 Å². The van der Waals surface area contributed by atoms with Gasteiger partial charge in [-0.15, -0.1) is 5.10 Å². The normalized spacial score (nSPS) is 16.8. The molecular formula is C33H38N6O8S. The number of hydrogen-bond acceptors (Lipinski definition) is 10. The number of aromatic nitrogens is 3. The molecule has 6 rings (SSSR count). The zero-order chi connectivity index (χ0) is 33.8. The molecule has 48 heavy (non-hydrogen) atoms. The van der Waals surface area contributed by atoms with E-state index < -0.39 is 39.4 Å². The molecule has 1 aliphatic carbocycles. The fraction of sp³-hybridized carbons (Fsp3) is 0.394. The van der Waals surface area contributed by atoms with Crippen molar-refractivity contribution in [1.29, 1.82) is 0 Å². The van der Waals surface area contributed by atoms with E-state index in [1.54, 1.807) is 24.3 Å². The van der Waals surface area contributed by atoms with Gasteiger partial charge >= 0.3 is 0 Å². The molecule has 1 aromatic heterocycles. The Hall–Kier alpha value is -4.73. The van der Waals surface area contributed by atoms with Crippen molar-refractivity contribution in [2.45, 2.75) is 55.6 Å². The smallest absolute Gasteiger partial charge is 0.249 e. The van der Waals surface area contributed by atoms with Crippen LogP contribution in [0.1, 0.15) is 43.7 Å². The first kappa shape index (κ1) is 33.2. The predicted octanol–water partition coefficient (Wildman–Crippen LogP) is 3.10. The molecule has 1 saturated heterocycles. The predicted molar refractivity (Wildman–Crippen MR) is 175 cm³/mol. The molecule has 2 aliphatic rings. The number of sulfonamides is 1. The van der Waals surface area contributed by atoms with Gasteiger partial charge in [0.25, 0.3) is 0 Å². The van der Waals surface area contributed by atoms with Gasteiger partial charge in [0.2, 0.25) is 21.8 Å². The molecule has 2 fully saturated rings. The van der Waals surface area contributed by atoms with Crippen molar-refractivity contribution in [3.8, 4) is 17.2 Å². The number of nitrogens with zero attached hydrogens (tertiary/aromatic N) is 5. The lowest BCUT2D eigenvalue weighted by atomic mass is 9.94. The minimum atomic E-state index is -3.99. The van der Waals surface area contributed by atoms with Crippen molar-refractivity contribution in [3.05, 3.63) is 66.2 Å². The number of para-hydroxylation sites is 1. The van der Waals surface area contributed by atoms with Crippen LogP contribution in [-0.4, -0.2) is 89.2 Å². The summed E-state index contributed by atoms with van der Waals surface area (Å²) in [5, 5.41) is 32.0. The number of ether oxygens (including phenoxy) is 2. The number of phenols is 2. The van der Waals surface area contributed by atoms with Crippen molar-refractivity contribution >= 4 is 38.6 Å². The molecule has 15 heteroatoms. The lowest BCUT2D eigenvalue weighted by Gasteiger charge is -2.34. The highest BCUT2D eigenvalue weighted by Crippen LogP contribution is 2.38. The van der Waals surface area contributed by atoms with Crippen LogP contribution in [0.3, 0.4) is 0 Å². The van der Waals surface area contributed by atoms with Gasteiger partial charge in [-0.05, 0) is 54.8 Å². The number of rotatable bonds is 10. The van der Waals surface area contributed by atoms with Crippen molar-refractivity contribution in [2.24, 2.45) is 0 Å². The van der Waals surface area contributed by atoms with E-state index in [1.807, 2.05) is 0 Å². The maximum absolute atomic E-state index is 14.5. The third-order valence-electron chi connectivity index (χ3n) is 8.76. The van der Waals surface area contributed by atoms with E-state index in [9.17, 15) is 28.2 Å². The van der Waals surface area contributed by atoms with Crippen LogP contribution in [0.5, 0.6) is 17.2 Å². The van der Waals surface area contributed by atoms with E-state index in [-0.39, 0.29) is 60.8 Å². The summed E-state index contributed by atoms with van der Waals surface area (Å²) in [4.78, 5) is 30.0. The minimum absolute atomic E-state index is 0.0250. The Morgan fingerprint density at radius 3 is 2.50 bits per heavy atom. The molecule has 2 amide bonds. The van der Waals surface area contributed by atoms with Gasteiger partial charge in [0.05, 0.1) is 25.8 Å². The van der Waals surface area contributed by atoms with Crippen LogP contribution in [0.25, 0.3) is 11.0 Å². The molecule has 1 aliphatic heterocycles. The van der Waals surface area contributed by atoms with Gasteiger partial charge in [-0.3, -0.25) is 14.5 Å². The molecule has 254 valence electrons. The molecule has 3 N–H and O–H groups in total. The Bertz CT molecular complexity index is 1900. The average molecular weight is 679 g/mol. The number of anilines is 1. The second-order valence-corrected chi connectivity index (χ2v) is 13.8. The highest BCUT2D eigenvalue weighted by Gasteiger charge is 2.37. The molecule has 14 nitrogen and oxygen atoms in total. The van der Waals surface area contributed by atoms with Gasteiger partial charge in [-0.2, -0.15) is 4.31 Å². The van der Waals surface area contributed by atoms with E-state index in [4.69, 9.17) is 9.47 Å². The van der Waals surface area contributed by atoms with E-state index >= 15 is 0 Å². The summed E-state index contributed by atoms with van der Waals surface area (Å²) in [6, 6.07) is 13.8. The Morgan fingerprint density at radius 2 is 1.77 bits per heavy atom. The first-order valence-corrected chi connectivity index (χ1v) is 17.3. The quantitative estimate of drug-likeness (QED) is 0.211. The number of nitrogens with one attached hydrogen (secondary N) is 1. The van der Waals surface area contributed by atoms with Crippen LogP contribution < -0.4 is 15.0 Å². The van der Waals surface area contributed by atoms with Crippen molar-refractivity contribution in [2.75, 3.05) is 38.3 Å². The molecule has 1 unspecified atom stereocenters. The molecule has 0 radical (unpaired) electrons. The summed E-state index contributed by atoms with van der Waals surface area (Å²) in [5.41, 5.74) is 1.56.